The van der Waals surface area contributed by atoms with Gasteiger partial charge in [0.15, 0.2) is 0 Å². The van der Waals surface area contributed by atoms with E-state index < -0.39 is 32.4 Å². The minimum Gasteiger partial charge on any atom is -0.319 e. The van der Waals surface area contributed by atoms with Gasteiger partial charge in [0.1, 0.15) is 11.5 Å². The van der Waals surface area contributed by atoms with E-state index >= 15 is 0 Å². The van der Waals surface area contributed by atoms with E-state index in [1.54, 1.807) is 17.0 Å². The van der Waals surface area contributed by atoms with E-state index in [9.17, 15) is 27.7 Å². The van der Waals surface area contributed by atoms with Crippen molar-refractivity contribution in [3.63, 3.8) is 0 Å². The van der Waals surface area contributed by atoms with Crippen LogP contribution in [0.1, 0.15) is 5.56 Å². The fraction of sp³-hybridized carbons (Fsp3) is 0.250. The van der Waals surface area contributed by atoms with Gasteiger partial charge in [0.25, 0.3) is 5.69 Å². The van der Waals surface area contributed by atoms with Gasteiger partial charge in [0.2, 0.25) is 15.9 Å². The van der Waals surface area contributed by atoms with Crippen LogP contribution in [0.3, 0.4) is 0 Å². The fourth-order valence-corrected chi connectivity index (χ4v) is 4.28. The smallest absolute Gasteiger partial charge is 0.295 e. The highest BCUT2D eigenvalue weighted by Crippen LogP contribution is 2.25. The molecule has 11 heteroatoms. The summed E-state index contributed by atoms with van der Waals surface area (Å²) in [5.41, 5.74) is 0.148. The van der Waals surface area contributed by atoms with Crippen molar-refractivity contribution in [3.8, 4) is 0 Å². The molecular formula is C20H21FN4O5S. The summed E-state index contributed by atoms with van der Waals surface area (Å²) in [7, 11) is -3.59. The Balaban J connectivity index is 1.54. The maximum Gasteiger partial charge on any atom is 0.295 e. The highest BCUT2D eigenvalue weighted by atomic mass is 32.2. The number of carbonyl (C=O) groups is 1. The zero-order valence-electron chi connectivity index (χ0n) is 16.5. The number of hydrogen-bond donors (Lipinski definition) is 1. The predicted octanol–water partition coefficient (Wildman–Crippen LogP) is 2.29. The second-order valence-electron chi connectivity index (χ2n) is 6.90. The van der Waals surface area contributed by atoms with Crippen LogP contribution in [0, 0.1) is 15.9 Å². The average Bonchev–Trinajstić information content (AvgIpc) is 2.74. The number of anilines is 1. The average molecular weight is 448 g/mol. The molecule has 0 atom stereocenters. The van der Waals surface area contributed by atoms with Crippen molar-refractivity contribution in [2.75, 3.05) is 38.0 Å². The highest BCUT2D eigenvalue weighted by Gasteiger charge is 2.26. The molecule has 0 radical (unpaired) electrons. The van der Waals surface area contributed by atoms with Gasteiger partial charge >= 0.3 is 0 Å². The number of nitrogens with zero attached hydrogens (tertiary/aromatic N) is 3. The molecule has 1 aliphatic rings. The van der Waals surface area contributed by atoms with Crippen molar-refractivity contribution < 1.29 is 22.5 Å². The zero-order chi connectivity index (χ0) is 22.4. The van der Waals surface area contributed by atoms with Gasteiger partial charge in [-0.2, -0.15) is 4.31 Å². The molecule has 1 heterocycles. The fourth-order valence-electron chi connectivity index (χ4n) is 3.11. The standard InChI is InChI=1S/C20H21FN4O5S/c21-17-6-7-18(19(14-17)25(27)28)22-20(26)15-23-9-11-24(12-10-23)31(29,30)13-8-16-4-2-1-3-5-16/h1-8,13-14H,9-12,15H2,(H,22,26)/b13-8+. The Morgan fingerprint density at radius 3 is 2.45 bits per heavy atom. The zero-order valence-corrected chi connectivity index (χ0v) is 17.3. The monoisotopic (exact) mass is 448 g/mol. The lowest BCUT2D eigenvalue weighted by Gasteiger charge is -2.32. The number of hydrogen-bond acceptors (Lipinski definition) is 6. The number of nitrogens with one attached hydrogen (secondary N) is 1. The Morgan fingerprint density at radius 1 is 1.13 bits per heavy atom. The number of benzene rings is 2. The molecule has 3 rings (SSSR count). The van der Waals surface area contributed by atoms with E-state index in [1.165, 1.54) is 15.8 Å². The summed E-state index contributed by atoms with van der Waals surface area (Å²) in [5.74, 6) is -1.28. The lowest BCUT2D eigenvalue weighted by molar-refractivity contribution is -0.384. The molecule has 0 aliphatic carbocycles. The first-order chi connectivity index (χ1) is 14.7. The molecular weight excluding hydrogens is 427 g/mol. The number of halogens is 1. The number of amides is 1. The minimum absolute atomic E-state index is 0.0672. The molecule has 1 saturated heterocycles. The summed E-state index contributed by atoms with van der Waals surface area (Å²) in [6, 6.07) is 12.0. The molecule has 31 heavy (non-hydrogen) atoms. The van der Waals surface area contributed by atoms with Gasteiger partial charge in [-0.3, -0.25) is 19.8 Å². The van der Waals surface area contributed by atoms with Crippen molar-refractivity contribution in [3.05, 3.63) is 75.4 Å². The molecule has 1 fully saturated rings. The van der Waals surface area contributed by atoms with E-state index in [2.05, 4.69) is 5.32 Å². The van der Waals surface area contributed by atoms with Crippen LogP contribution in [0.5, 0.6) is 0 Å². The van der Waals surface area contributed by atoms with E-state index in [4.69, 9.17) is 0 Å². The molecule has 2 aromatic rings. The summed E-state index contributed by atoms with van der Waals surface area (Å²) in [5, 5.41) is 14.6. The number of nitro groups is 1. The van der Waals surface area contributed by atoms with Gasteiger partial charge in [0.05, 0.1) is 17.5 Å². The minimum atomic E-state index is -3.59. The maximum atomic E-state index is 13.2. The topological polar surface area (TPSA) is 113 Å². The molecule has 164 valence electrons. The summed E-state index contributed by atoms with van der Waals surface area (Å²) in [6.45, 7) is 1.02. The number of piperazine rings is 1. The molecule has 1 amide bonds. The largest absolute Gasteiger partial charge is 0.319 e. The SMILES string of the molecule is O=C(CN1CCN(S(=O)(=O)/C=C/c2ccccc2)CC1)Nc1ccc(F)cc1[N+](=O)[O-]. The molecule has 0 spiro atoms. The Morgan fingerprint density at radius 2 is 1.81 bits per heavy atom. The van der Waals surface area contributed by atoms with Gasteiger partial charge < -0.3 is 5.32 Å². The summed E-state index contributed by atoms with van der Waals surface area (Å²) >= 11 is 0. The lowest BCUT2D eigenvalue weighted by Crippen LogP contribution is -2.49. The van der Waals surface area contributed by atoms with Gasteiger partial charge in [-0.15, -0.1) is 0 Å². The molecule has 1 aliphatic heterocycles. The molecule has 2 aromatic carbocycles. The summed E-state index contributed by atoms with van der Waals surface area (Å²) in [6.07, 6.45) is 1.53. The number of nitro benzene ring substituents is 1. The number of sulfonamides is 1. The van der Waals surface area contributed by atoms with E-state index in [0.717, 1.165) is 23.8 Å². The third kappa shape index (κ3) is 6.17. The van der Waals surface area contributed by atoms with Crippen molar-refractivity contribution in [1.82, 2.24) is 9.21 Å². The van der Waals surface area contributed by atoms with Gasteiger partial charge in [-0.05, 0) is 23.8 Å². The first kappa shape index (κ1) is 22.5. The normalized spacial score (nSPS) is 15.8. The second kappa shape index (κ2) is 9.77. The Hall–Kier alpha value is -3.15. The van der Waals surface area contributed by atoms with Crippen LogP contribution < -0.4 is 5.32 Å². The van der Waals surface area contributed by atoms with Crippen molar-refractivity contribution >= 4 is 33.4 Å². The third-order valence-corrected chi connectivity index (χ3v) is 6.29. The van der Waals surface area contributed by atoms with Crippen LogP contribution in [0.15, 0.2) is 53.9 Å². The number of rotatable bonds is 7. The van der Waals surface area contributed by atoms with Crippen LogP contribution in [0.2, 0.25) is 0 Å². The van der Waals surface area contributed by atoms with Crippen LogP contribution >= 0.6 is 0 Å². The molecule has 0 unspecified atom stereocenters. The van der Waals surface area contributed by atoms with Gasteiger partial charge in [-0.25, -0.2) is 12.8 Å². The molecule has 0 bridgehead atoms. The van der Waals surface area contributed by atoms with Crippen LogP contribution in [-0.2, 0) is 14.8 Å². The maximum absolute atomic E-state index is 13.2. The molecule has 1 N–H and O–H groups in total. The van der Waals surface area contributed by atoms with Gasteiger partial charge in [0, 0.05) is 31.6 Å². The lowest BCUT2D eigenvalue weighted by atomic mass is 10.2. The quantitative estimate of drug-likeness (QED) is 0.514. The predicted molar refractivity (Wildman–Crippen MR) is 114 cm³/mol. The van der Waals surface area contributed by atoms with Crippen molar-refractivity contribution in [1.29, 1.82) is 0 Å². The Labute approximate surface area is 179 Å². The van der Waals surface area contributed by atoms with E-state index in [0.29, 0.717) is 13.1 Å². The number of carbonyl (C=O) groups excluding carboxylic acids is 1. The van der Waals surface area contributed by atoms with Crippen molar-refractivity contribution in [2.45, 2.75) is 0 Å². The molecule has 9 nitrogen and oxygen atoms in total. The summed E-state index contributed by atoms with van der Waals surface area (Å²) in [4.78, 5) is 24.3. The Kier molecular flexibility index (Phi) is 7.10. The first-order valence-corrected chi connectivity index (χ1v) is 10.9. The van der Waals surface area contributed by atoms with Crippen molar-refractivity contribution in [2.24, 2.45) is 0 Å². The van der Waals surface area contributed by atoms with Crippen LogP contribution in [-0.4, -0.2) is 61.2 Å². The van der Waals surface area contributed by atoms with Gasteiger partial charge in [-0.1, -0.05) is 30.3 Å². The first-order valence-electron chi connectivity index (χ1n) is 9.44. The summed E-state index contributed by atoms with van der Waals surface area (Å²) < 4.78 is 39.6. The third-order valence-electron chi connectivity index (χ3n) is 4.72. The molecule has 0 aromatic heterocycles. The van der Waals surface area contributed by atoms with Crippen LogP contribution in [0.4, 0.5) is 15.8 Å². The van der Waals surface area contributed by atoms with E-state index in [1.807, 2.05) is 18.2 Å². The second-order valence-corrected chi connectivity index (χ2v) is 8.72. The molecule has 0 saturated carbocycles. The highest BCUT2D eigenvalue weighted by molar-refractivity contribution is 7.92. The van der Waals surface area contributed by atoms with Crippen LogP contribution in [0.25, 0.3) is 6.08 Å². The Bertz CT molecular complexity index is 1080. The van der Waals surface area contributed by atoms with E-state index in [-0.39, 0.29) is 25.3 Å².